The second kappa shape index (κ2) is 5.09. The van der Waals surface area contributed by atoms with E-state index in [9.17, 15) is 4.79 Å². The summed E-state index contributed by atoms with van der Waals surface area (Å²) in [6.45, 7) is 3.99. The molecule has 0 aliphatic rings. The quantitative estimate of drug-likeness (QED) is 0.882. The molecule has 94 valence electrons. The highest BCUT2D eigenvalue weighted by Gasteiger charge is 2.12. The Morgan fingerprint density at radius 1 is 1.44 bits per heavy atom. The zero-order chi connectivity index (χ0) is 13.1. The lowest BCUT2D eigenvalue weighted by Crippen LogP contribution is -2.13. The Morgan fingerprint density at radius 3 is 2.83 bits per heavy atom. The first kappa shape index (κ1) is 12.4. The van der Waals surface area contributed by atoms with Crippen molar-refractivity contribution in [3.63, 3.8) is 0 Å². The highest BCUT2D eigenvalue weighted by Crippen LogP contribution is 2.17. The number of anilines is 2. The minimum Gasteiger partial charge on any atom is -0.384 e. The van der Waals surface area contributed by atoms with Gasteiger partial charge in [0.25, 0.3) is 5.91 Å². The van der Waals surface area contributed by atoms with Gasteiger partial charge in [0, 0.05) is 11.3 Å². The molecule has 0 aliphatic heterocycles. The summed E-state index contributed by atoms with van der Waals surface area (Å²) in [6.07, 6.45) is 0. The Morgan fingerprint density at radius 2 is 2.22 bits per heavy atom. The summed E-state index contributed by atoms with van der Waals surface area (Å²) >= 11 is 1.26. The third-order valence-electron chi connectivity index (χ3n) is 2.30. The molecule has 0 spiro atoms. The number of rotatable bonds is 3. The van der Waals surface area contributed by atoms with Gasteiger partial charge < -0.3 is 5.73 Å². The molecule has 0 unspecified atom stereocenters. The molecule has 7 heteroatoms. The number of nitrogens with one attached hydrogen (secondary N) is 1. The van der Waals surface area contributed by atoms with Crippen LogP contribution in [0.25, 0.3) is 0 Å². The number of hydrogen-bond donors (Lipinski definition) is 2. The van der Waals surface area contributed by atoms with Crippen LogP contribution in [0.5, 0.6) is 0 Å². The molecule has 2 heterocycles. The molecule has 0 fully saturated rings. The number of pyridine rings is 1. The normalized spacial score (nSPS) is 10.6. The molecule has 1 amide bonds. The fourth-order valence-electron chi connectivity index (χ4n) is 1.40. The molecule has 2 aromatic rings. The fourth-order valence-corrected chi connectivity index (χ4v) is 1.84. The van der Waals surface area contributed by atoms with E-state index in [0.717, 1.165) is 5.69 Å². The zero-order valence-electron chi connectivity index (χ0n) is 10.0. The van der Waals surface area contributed by atoms with Gasteiger partial charge >= 0.3 is 0 Å². The molecule has 3 N–H and O–H groups in total. The smallest absolute Gasteiger partial charge is 0.257 e. The summed E-state index contributed by atoms with van der Waals surface area (Å²) in [5.74, 6) is 0.285. The Bertz CT molecular complexity index is 553. The monoisotopic (exact) mass is 263 g/mol. The van der Waals surface area contributed by atoms with Crippen LogP contribution in [0, 0.1) is 0 Å². The Hall–Kier alpha value is -2.02. The SMILES string of the molecule is CC(C)c1cc(C(=O)Nc2nncs2)cc(N)n1. The minimum absolute atomic E-state index is 0.210. The first-order valence-corrected chi connectivity index (χ1v) is 6.29. The van der Waals surface area contributed by atoms with Crippen LogP contribution in [0.4, 0.5) is 10.9 Å². The lowest BCUT2D eigenvalue weighted by molar-refractivity contribution is 0.102. The van der Waals surface area contributed by atoms with E-state index in [-0.39, 0.29) is 11.8 Å². The number of nitrogens with zero attached hydrogens (tertiary/aromatic N) is 3. The average Bonchev–Trinajstić information content (AvgIpc) is 2.80. The van der Waals surface area contributed by atoms with Gasteiger partial charge in [-0.25, -0.2) is 4.98 Å². The van der Waals surface area contributed by atoms with Crippen LogP contribution in [0.1, 0.15) is 35.8 Å². The third kappa shape index (κ3) is 2.80. The number of nitrogen functional groups attached to an aromatic ring is 1. The fraction of sp³-hybridized carbons (Fsp3) is 0.273. The number of nitrogens with two attached hydrogens (primary N) is 1. The van der Waals surface area contributed by atoms with E-state index in [0.29, 0.717) is 16.5 Å². The highest BCUT2D eigenvalue weighted by molar-refractivity contribution is 7.13. The highest BCUT2D eigenvalue weighted by atomic mass is 32.1. The number of hydrogen-bond acceptors (Lipinski definition) is 6. The van der Waals surface area contributed by atoms with Crippen molar-refractivity contribution in [3.05, 3.63) is 28.9 Å². The van der Waals surface area contributed by atoms with Crippen LogP contribution >= 0.6 is 11.3 Å². The summed E-state index contributed by atoms with van der Waals surface area (Å²) in [6, 6.07) is 3.28. The zero-order valence-corrected chi connectivity index (χ0v) is 10.9. The minimum atomic E-state index is -0.261. The molecular weight excluding hydrogens is 250 g/mol. The molecule has 2 rings (SSSR count). The van der Waals surface area contributed by atoms with E-state index in [1.54, 1.807) is 17.6 Å². The maximum absolute atomic E-state index is 12.0. The van der Waals surface area contributed by atoms with E-state index in [4.69, 9.17) is 5.73 Å². The molecule has 0 atom stereocenters. The third-order valence-corrected chi connectivity index (χ3v) is 2.91. The Labute approximate surface area is 108 Å². The van der Waals surface area contributed by atoms with Gasteiger partial charge in [-0.05, 0) is 18.1 Å². The summed E-state index contributed by atoms with van der Waals surface area (Å²) in [7, 11) is 0. The summed E-state index contributed by atoms with van der Waals surface area (Å²) in [5.41, 5.74) is 8.51. The summed E-state index contributed by atoms with van der Waals surface area (Å²) < 4.78 is 0. The molecule has 2 aromatic heterocycles. The molecule has 0 radical (unpaired) electrons. The summed E-state index contributed by atoms with van der Waals surface area (Å²) in [5, 5.41) is 10.5. The topological polar surface area (TPSA) is 93.8 Å². The molecule has 0 saturated carbocycles. The molecule has 18 heavy (non-hydrogen) atoms. The lowest BCUT2D eigenvalue weighted by Gasteiger charge is -2.08. The van der Waals surface area contributed by atoms with Crippen molar-refractivity contribution >= 4 is 28.2 Å². The van der Waals surface area contributed by atoms with Crippen molar-refractivity contribution in [2.45, 2.75) is 19.8 Å². The molecule has 0 saturated heterocycles. The van der Waals surface area contributed by atoms with E-state index >= 15 is 0 Å². The van der Waals surface area contributed by atoms with Gasteiger partial charge in [-0.2, -0.15) is 0 Å². The van der Waals surface area contributed by atoms with Crippen LogP contribution in [0.3, 0.4) is 0 Å². The van der Waals surface area contributed by atoms with Crippen LogP contribution in [-0.4, -0.2) is 21.1 Å². The number of carbonyl (C=O) groups is 1. The maximum atomic E-state index is 12.0. The lowest BCUT2D eigenvalue weighted by atomic mass is 10.1. The number of aromatic nitrogens is 3. The van der Waals surface area contributed by atoms with Crippen molar-refractivity contribution in [2.24, 2.45) is 0 Å². The second-order valence-corrected chi connectivity index (χ2v) is 4.89. The van der Waals surface area contributed by atoms with E-state index in [1.165, 1.54) is 11.3 Å². The van der Waals surface area contributed by atoms with Crippen LogP contribution in [-0.2, 0) is 0 Å². The van der Waals surface area contributed by atoms with Crippen LogP contribution in [0.2, 0.25) is 0 Å². The van der Waals surface area contributed by atoms with E-state index in [2.05, 4.69) is 20.5 Å². The maximum Gasteiger partial charge on any atom is 0.257 e. The van der Waals surface area contributed by atoms with Gasteiger partial charge in [0.2, 0.25) is 5.13 Å². The Balaban J connectivity index is 2.24. The van der Waals surface area contributed by atoms with Gasteiger partial charge in [0.05, 0.1) is 0 Å². The molecule has 0 aliphatic carbocycles. The second-order valence-electron chi connectivity index (χ2n) is 4.06. The number of amides is 1. The van der Waals surface area contributed by atoms with E-state index in [1.807, 2.05) is 13.8 Å². The van der Waals surface area contributed by atoms with Gasteiger partial charge in [0.15, 0.2) is 0 Å². The largest absolute Gasteiger partial charge is 0.384 e. The molecule has 6 nitrogen and oxygen atoms in total. The Kier molecular flexibility index (Phi) is 3.52. The van der Waals surface area contributed by atoms with Gasteiger partial charge in [-0.1, -0.05) is 25.2 Å². The van der Waals surface area contributed by atoms with Crippen molar-refractivity contribution < 1.29 is 4.79 Å². The predicted octanol–water partition coefficient (Wildman–Crippen LogP) is 1.89. The molecule has 0 aromatic carbocycles. The van der Waals surface area contributed by atoms with Crippen molar-refractivity contribution in [1.29, 1.82) is 0 Å². The van der Waals surface area contributed by atoms with Crippen molar-refractivity contribution in [3.8, 4) is 0 Å². The first-order chi connectivity index (χ1) is 8.56. The summed E-state index contributed by atoms with van der Waals surface area (Å²) in [4.78, 5) is 16.2. The first-order valence-electron chi connectivity index (χ1n) is 5.41. The number of carbonyl (C=O) groups excluding carboxylic acids is 1. The van der Waals surface area contributed by atoms with Gasteiger partial charge in [0.1, 0.15) is 11.3 Å². The van der Waals surface area contributed by atoms with Gasteiger partial charge in [-0.3, -0.25) is 10.1 Å². The molecular formula is C11H13N5OS. The van der Waals surface area contributed by atoms with Gasteiger partial charge in [-0.15, -0.1) is 10.2 Å². The average molecular weight is 263 g/mol. The predicted molar refractivity (Wildman–Crippen MR) is 70.6 cm³/mol. The standard InChI is InChI=1S/C11H13N5OS/c1-6(2)8-3-7(4-9(12)14-8)10(17)15-11-16-13-5-18-11/h3-6H,1-2H3,(H2,12,14)(H,15,16,17). The van der Waals surface area contributed by atoms with Crippen molar-refractivity contribution in [1.82, 2.24) is 15.2 Å². The van der Waals surface area contributed by atoms with Crippen molar-refractivity contribution in [2.75, 3.05) is 11.1 Å². The van der Waals surface area contributed by atoms with Crippen LogP contribution < -0.4 is 11.1 Å². The van der Waals surface area contributed by atoms with E-state index < -0.39 is 0 Å². The van der Waals surface area contributed by atoms with Crippen LogP contribution in [0.15, 0.2) is 17.6 Å². The molecule has 0 bridgehead atoms.